The zero-order chi connectivity index (χ0) is 29.3. The van der Waals surface area contributed by atoms with Gasteiger partial charge in [0.1, 0.15) is 5.75 Å². The molecule has 1 amide bonds. The molecule has 0 radical (unpaired) electrons. The molecular formula is C32H42ClN3O5S. The summed E-state index contributed by atoms with van der Waals surface area (Å²) in [5.41, 5.74) is 3.50. The number of amides is 1. The molecule has 1 spiro atoms. The Morgan fingerprint density at radius 2 is 1.98 bits per heavy atom. The zero-order valence-electron chi connectivity index (χ0n) is 24.1. The quantitative estimate of drug-likeness (QED) is 0.469. The number of sulfonamides is 1. The zero-order valence-corrected chi connectivity index (χ0v) is 25.7. The van der Waals surface area contributed by atoms with Gasteiger partial charge in [0.05, 0.1) is 24.7 Å². The Kier molecular flexibility index (Phi) is 8.74. The Morgan fingerprint density at radius 1 is 1.10 bits per heavy atom. The Labute approximate surface area is 254 Å². The Bertz CT molecular complexity index is 1420. The van der Waals surface area contributed by atoms with Gasteiger partial charge in [-0.25, -0.2) is 13.1 Å². The minimum atomic E-state index is -3.75. The van der Waals surface area contributed by atoms with Crippen molar-refractivity contribution in [2.75, 3.05) is 43.5 Å². The van der Waals surface area contributed by atoms with Crippen LogP contribution >= 0.6 is 11.6 Å². The number of nitrogens with one attached hydrogen (secondary N) is 2. The molecule has 2 aliphatic carbocycles. The van der Waals surface area contributed by atoms with Crippen molar-refractivity contribution in [2.45, 2.75) is 69.2 Å². The fourth-order valence-electron chi connectivity index (χ4n) is 7.69. The first kappa shape index (κ1) is 29.7. The lowest BCUT2D eigenvalue weighted by atomic mass is 9.67. The van der Waals surface area contributed by atoms with Crippen molar-refractivity contribution in [2.24, 2.45) is 11.8 Å². The van der Waals surface area contributed by atoms with Gasteiger partial charge in [-0.05, 0) is 98.2 Å². The Balaban J connectivity index is 1.39. The number of halogens is 1. The molecule has 0 aromatic heterocycles. The number of carbonyl (C=O) groups is 1. The summed E-state index contributed by atoms with van der Waals surface area (Å²) in [6.45, 7) is 2.75. The number of rotatable bonds is 3. The maximum atomic E-state index is 13.2. The van der Waals surface area contributed by atoms with Crippen molar-refractivity contribution in [3.63, 3.8) is 0 Å². The number of aliphatic hydroxyl groups is 1. The van der Waals surface area contributed by atoms with E-state index < -0.39 is 15.9 Å². The summed E-state index contributed by atoms with van der Waals surface area (Å²) in [7, 11) is -3.75. The van der Waals surface area contributed by atoms with E-state index in [1.54, 1.807) is 6.07 Å². The third kappa shape index (κ3) is 6.16. The normalized spacial score (nSPS) is 29.3. The van der Waals surface area contributed by atoms with Crippen molar-refractivity contribution in [1.29, 1.82) is 0 Å². The number of carbonyl (C=O) groups excluding carboxylic acids is 1. The summed E-state index contributed by atoms with van der Waals surface area (Å²) < 4.78 is 34.4. The van der Waals surface area contributed by atoms with Gasteiger partial charge in [-0.3, -0.25) is 4.79 Å². The second kappa shape index (κ2) is 12.3. The van der Waals surface area contributed by atoms with E-state index in [-0.39, 0.29) is 23.8 Å². The first-order valence-corrected chi connectivity index (χ1v) is 17.5. The van der Waals surface area contributed by atoms with Gasteiger partial charge in [-0.2, -0.15) is 0 Å². The lowest BCUT2D eigenvalue weighted by molar-refractivity contribution is 0.0981. The van der Waals surface area contributed by atoms with Crippen molar-refractivity contribution in [1.82, 2.24) is 10.0 Å². The third-order valence-electron chi connectivity index (χ3n) is 9.94. The van der Waals surface area contributed by atoms with E-state index in [1.165, 1.54) is 11.1 Å². The third-order valence-corrected chi connectivity index (χ3v) is 11.5. The molecule has 4 atom stereocenters. The van der Waals surface area contributed by atoms with E-state index in [0.29, 0.717) is 37.0 Å². The minimum absolute atomic E-state index is 0.0777. The predicted molar refractivity (Wildman–Crippen MR) is 165 cm³/mol. The first-order valence-electron chi connectivity index (χ1n) is 15.5. The second-order valence-corrected chi connectivity index (χ2v) is 15.0. The van der Waals surface area contributed by atoms with Gasteiger partial charge in [0, 0.05) is 41.7 Å². The van der Waals surface area contributed by atoms with E-state index in [1.807, 2.05) is 18.2 Å². The first-order chi connectivity index (χ1) is 20.3. The van der Waals surface area contributed by atoms with Crippen LogP contribution in [0.5, 0.6) is 5.75 Å². The van der Waals surface area contributed by atoms with Gasteiger partial charge >= 0.3 is 0 Å². The molecule has 4 aliphatic rings. The number of hydrogen-bond donors (Lipinski definition) is 3. The summed E-state index contributed by atoms with van der Waals surface area (Å²) in [4.78, 5) is 15.6. The van der Waals surface area contributed by atoms with Crippen molar-refractivity contribution in [3.05, 3.63) is 58.1 Å². The number of ether oxygens (including phenoxy) is 1. The number of anilines is 1. The van der Waals surface area contributed by atoms with E-state index >= 15 is 0 Å². The summed E-state index contributed by atoms with van der Waals surface area (Å²) in [5, 5.41) is 13.9. The Hall–Kier alpha value is -2.33. The number of fused-ring (bicyclic) bond motifs is 4. The number of aryl methyl sites for hydroxylation is 1. The van der Waals surface area contributed by atoms with Crippen LogP contribution in [0.1, 0.15) is 72.9 Å². The molecule has 2 heterocycles. The smallest absolute Gasteiger partial charge is 0.264 e. The maximum Gasteiger partial charge on any atom is 0.264 e. The number of hydrogen-bond acceptors (Lipinski definition) is 7. The summed E-state index contributed by atoms with van der Waals surface area (Å²) >= 11 is 6.40. The van der Waals surface area contributed by atoms with Crippen molar-refractivity contribution < 1.29 is 23.1 Å². The fraction of sp³-hybridized carbons (Fsp3) is 0.594. The van der Waals surface area contributed by atoms with Gasteiger partial charge in [-0.15, -0.1) is 0 Å². The van der Waals surface area contributed by atoms with Crippen molar-refractivity contribution >= 4 is 33.2 Å². The SMILES string of the molecule is O=C1NS(=O)(=O)CCCCC[C@@H](NCCO)[C@@H]2CC[C@H]2CN2C[C@@]3(CCCc4cc(Cl)ccc43)COc3ccc1cc32. The molecule has 2 aromatic carbocycles. The van der Waals surface area contributed by atoms with Crippen LogP contribution < -0.4 is 19.7 Å². The van der Waals surface area contributed by atoms with Crippen LogP contribution in [-0.4, -0.2) is 64.1 Å². The van der Waals surface area contributed by atoms with Gasteiger partial charge in [0.25, 0.3) is 5.91 Å². The van der Waals surface area contributed by atoms with E-state index in [9.17, 15) is 18.3 Å². The molecule has 3 N–H and O–H groups in total. The lowest BCUT2D eigenvalue weighted by Crippen LogP contribution is -2.52. The molecule has 1 fully saturated rings. The number of aliphatic hydroxyl groups excluding tert-OH is 1. The number of benzene rings is 2. The van der Waals surface area contributed by atoms with E-state index in [0.717, 1.165) is 80.9 Å². The highest BCUT2D eigenvalue weighted by atomic mass is 35.5. The van der Waals surface area contributed by atoms with Gasteiger partial charge in [0.2, 0.25) is 10.0 Å². The fourth-order valence-corrected chi connectivity index (χ4v) is 8.97. The van der Waals surface area contributed by atoms with Crippen LogP contribution in [0.15, 0.2) is 36.4 Å². The average Bonchev–Trinajstić information content (AvgIpc) is 3.09. The molecule has 2 aliphatic heterocycles. The average molecular weight is 616 g/mol. The molecule has 6 rings (SSSR count). The van der Waals surface area contributed by atoms with E-state index in [2.05, 4.69) is 27.1 Å². The van der Waals surface area contributed by atoms with Crippen molar-refractivity contribution in [3.8, 4) is 5.75 Å². The van der Waals surface area contributed by atoms with Gasteiger partial charge in [-0.1, -0.05) is 30.5 Å². The minimum Gasteiger partial charge on any atom is -0.490 e. The standard InChI is InChI=1S/C32H42ClN3O5S/c33-25-9-11-27-22(17-25)5-4-13-32(27)20-36-19-24-7-10-26(24)28(34-14-15-37)6-2-1-3-16-42(39,40)35-31(38)23-8-12-30(41-21-32)29(36)18-23/h8-9,11-12,17-18,24,26,28,34,37H,1-7,10,13-16,19-21H2,(H,35,38)/t24-,26+,28+,32-/m0/s1. The van der Waals surface area contributed by atoms with E-state index in [4.69, 9.17) is 16.3 Å². The molecule has 0 saturated heterocycles. The molecular weight excluding hydrogens is 574 g/mol. The highest BCUT2D eigenvalue weighted by Gasteiger charge is 2.44. The predicted octanol–water partition coefficient (Wildman–Crippen LogP) is 4.42. The molecule has 8 nitrogen and oxygen atoms in total. The van der Waals surface area contributed by atoms with Gasteiger partial charge in [0.15, 0.2) is 0 Å². The topological polar surface area (TPSA) is 108 Å². The van der Waals surface area contributed by atoms with Crippen LogP contribution in [-0.2, 0) is 21.9 Å². The van der Waals surface area contributed by atoms with Gasteiger partial charge < -0.3 is 20.1 Å². The van der Waals surface area contributed by atoms with Crippen LogP contribution in [0.2, 0.25) is 5.02 Å². The largest absolute Gasteiger partial charge is 0.490 e. The molecule has 0 unspecified atom stereocenters. The van der Waals surface area contributed by atoms with Crippen LogP contribution in [0.25, 0.3) is 0 Å². The van der Waals surface area contributed by atoms with Crippen LogP contribution in [0.3, 0.4) is 0 Å². The second-order valence-electron chi connectivity index (χ2n) is 12.7. The summed E-state index contributed by atoms with van der Waals surface area (Å²) in [5.74, 6) is 0.977. The molecule has 228 valence electrons. The highest BCUT2D eigenvalue weighted by molar-refractivity contribution is 7.90. The molecule has 10 heteroatoms. The molecule has 2 bridgehead atoms. The lowest BCUT2D eigenvalue weighted by Gasteiger charge is -2.47. The highest BCUT2D eigenvalue weighted by Crippen LogP contribution is 2.47. The summed E-state index contributed by atoms with van der Waals surface area (Å²) in [6.07, 6.45) is 8.42. The Morgan fingerprint density at radius 3 is 2.79 bits per heavy atom. The summed E-state index contributed by atoms with van der Waals surface area (Å²) in [6, 6.07) is 11.8. The van der Waals surface area contributed by atoms with Crippen LogP contribution in [0.4, 0.5) is 5.69 Å². The molecule has 2 aromatic rings. The molecule has 1 saturated carbocycles. The molecule has 42 heavy (non-hydrogen) atoms. The monoisotopic (exact) mass is 615 g/mol. The maximum absolute atomic E-state index is 13.2. The van der Waals surface area contributed by atoms with Crippen LogP contribution in [0, 0.1) is 11.8 Å². The number of nitrogens with zero attached hydrogens (tertiary/aromatic N) is 1.